The number of pyridine rings is 1. The first-order valence-corrected chi connectivity index (χ1v) is 16.6. The van der Waals surface area contributed by atoms with E-state index in [0.717, 1.165) is 60.9 Å². The first-order chi connectivity index (χ1) is 18.6. The molecule has 0 saturated carbocycles. The Morgan fingerprint density at radius 1 is 0.737 bits per heavy atom. The Hall–Kier alpha value is -1.79. The van der Waals surface area contributed by atoms with Crippen molar-refractivity contribution in [3.05, 3.63) is 30.5 Å². The number of unbranched alkanes of at least 4 members (excludes halogenated alkanes) is 5. The van der Waals surface area contributed by atoms with Crippen molar-refractivity contribution in [1.82, 2.24) is 15.2 Å². The third-order valence-corrected chi connectivity index (χ3v) is 8.50. The van der Waals surface area contributed by atoms with Gasteiger partial charge in [-0.05, 0) is 49.3 Å². The fourth-order valence-corrected chi connectivity index (χ4v) is 5.78. The van der Waals surface area contributed by atoms with Crippen LogP contribution in [0.2, 0.25) is 6.04 Å². The molecule has 0 spiro atoms. The van der Waals surface area contributed by atoms with Crippen LogP contribution in [0.4, 0.5) is 0 Å². The second-order valence-corrected chi connectivity index (χ2v) is 12.2. The summed E-state index contributed by atoms with van der Waals surface area (Å²) in [4.78, 5) is 4.69. The van der Waals surface area contributed by atoms with Gasteiger partial charge >= 0.3 is 0 Å². The lowest BCUT2D eigenvalue weighted by Gasteiger charge is -2.15. The number of rotatable bonds is 23. The predicted molar refractivity (Wildman–Crippen MR) is 161 cm³/mol. The third-order valence-electron chi connectivity index (χ3n) is 7.17. The van der Waals surface area contributed by atoms with E-state index in [1.165, 1.54) is 70.3 Å². The molecule has 6 heteroatoms. The van der Waals surface area contributed by atoms with E-state index in [1.807, 2.05) is 24.4 Å². The quantitative estimate of drug-likeness (QED) is 0.106. The molecule has 2 radical (unpaired) electrons. The van der Waals surface area contributed by atoms with Crippen molar-refractivity contribution in [2.24, 2.45) is 11.8 Å². The maximum absolute atomic E-state index is 5.77. The van der Waals surface area contributed by atoms with E-state index in [2.05, 4.69) is 48.9 Å². The van der Waals surface area contributed by atoms with Gasteiger partial charge in [0, 0.05) is 36.4 Å². The Kier molecular flexibility index (Phi) is 18.0. The maximum atomic E-state index is 5.77. The van der Waals surface area contributed by atoms with Crippen molar-refractivity contribution in [1.29, 1.82) is 0 Å². The highest BCUT2D eigenvalue weighted by molar-refractivity contribution is 6.54. The van der Waals surface area contributed by atoms with Crippen LogP contribution in [0.3, 0.4) is 0 Å². The van der Waals surface area contributed by atoms with Crippen LogP contribution in [-0.2, 0) is 4.74 Å². The Labute approximate surface area is 235 Å². The van der Waals surface area contributed by atoms with E-state index >= 15 is 0 Å². The first-order valence-electron chi connectivity index (χ1n) is 15.4. The van der Waals surface area contributed by atoms with Crippen molar-refractivity contribution in [3.8, 4) is 17.1 Å². The van der Waals surface area contributed by atoms with Gasteiger partial charge in [-0.1, -0.05) is 97.9 Å². The molecule has 212 valence electrons. The molecule has 0 aliphatic heterocycles. The third kappa shape index (κ3) is 14.4. The van der Waals surface area contributed by atoms with Crippen LogP contribution in [0.5, 0.6) is 5.88 Å². The van der Waals surface area contributed by atoms with Gasteiger partial charge in [-0.2, -0.15) is 0 Å². The molecule has 2 heterocycles. The first kappa shape index (κ1) is 32.4. The highest BCUT2D eigenvalue weighted by atomic mass is 28.2. The summed E-state index contributed by atoms with van der Waals surface area (Å²) in [6.45, 7) is 11.6. The number of hydrogen-bond donors (Lipinski definition) is 0. The highest BCUT2D eigenvalue weighted by Gasteiger charge is 2.11. The zero-order valence-corrected chi connectivity index (χ0v) is 25.7. The van der Waals surface area contributed by atoms with Gasteiger partial charge in [0.25, 0.3) is 0 Å². The Morgan fingerprint density at radius 3 is 2.16 bits per heavy atom. The molecule has 0 aliphatic rings. The number of ether oxygens (including phenoxy) is 2. The van der Waals surface area contributed by atoms with Gasteiger partial charge in [0.05, 0.1) is 12.3 Å². The number of hydrogen-bond acceptors (Lipinski definition) is 5. The summed E-state index contributed by atoms with van der Waals surface area (Å²) in [5.74, 6) is 2.31. The van der Waals surface area contributed by atoms with Crippen LogP contribution in [0.15, 0.2) is 30.5 Å². The smallest absolute Gasteiger partial charge is 0.233 e. The maximum Gasteiger partial charge on any atom is 0.233 e. The van der Waals surface area contributed by atoms with Crippen LogP contribution in [0.1, 0.15) is 111 Å². The molecular weight excluding hydrogens is 486 g/mol. The normalized spacial score (nSPS) is 12.9. The predicted octanol–water partition coefficient (Wildman–Crippen LogP) is 8.07. The average molecular weight is 540 g/mol. The minimum atomic E-state index is 0.581. The van der Waals surface area contributed by atoms with Gasteiger partial charge in [0.1, 0.15) is 9.52 Å². The van der Waals surface area contributed by atoms with E-state index in [0.29, 0.717) is 22.0 Å². The van der Waals surface area contributed by atoms with E-state index in [9.17, 15) is 0 Å². The lowest BCUT2D eigenvalue weighted by atomic mass is 9.91. The molecule has 0 fully saturated rings. The van der Waals surface area contributed by atoms with E-state index in [4.69, 9.17) is 9.47 Å². The summed E-state index contributed by atoms with van der Waals surface area (Å²) in [5.41, 5.74) is 1.97. The molecule has 38 heavy (non-hydrogen) atoms. The van der Waals surface area contributed by atoms with Crippen LogP contribution in [-0.4, -0.2) is 44.5 Å². The van der Waals surface area contributed by atoms with Gasteiger partial charge in [0.15, 0.2) is 0 Å². The van der Waals surface area contributed by atoms with Crippen LogP contribution in [0, 0.1) is 11.8 Å². The molecule has 0 N–H and O–H groups in total. The summed E-state index contributed by atoms with van der Waals surface area (Å²) < 4.78 is 11.4. The molecule has 2 unspecified atom stereocenters. The van der Waals surface area contributed by atoms with Crippen LogP contribution < -0.4 is 10.1 Å². The Balaban J connectivity index is 1.66. The van der Waals surface area contributed by atoms with Crippen molar-refractivity contribution in [2.45, 2.75) is 117 Å². The fraction of sp³-hybridized carbons (Fsp3) is 0.719. The lowest BCUT2D eigenvalue weighted by Crippen LogP contribution is -2.21. The SMILES string of the molecule is CCCCCC(C)CCC(C)CCCC[Si]c1ncccc1-c1ccc(OCCCCOCCCC)nn1. The Morgan fingerprint density at radius 2 is 1.45 bits per heavy atom. The molecular formula is C32H53N3O2Si. The standard InChI is InChI=1S/C32H53N3O2Si/c1-5-7-9-15-27(3)18-19-28(4)16-10-13-26-38-32-29(17-14-22-33-32)30-20-21-31(35-34-30)37-25-12-11-24-36-23-8-6-2/h14,17,20-22,27-28H,5-13,15-16,18-19,23-26H2,1-4H3. The molecule has 2 aromatic rings. The summed E-state index contributed by atoms with van der Waals surface area (Å²) in [5, 5.41) is 9.90. The second-order valence-electron chi connectivity index (χ2n) is 10.9. The molecule has 2 aromatic heterocycles. The van der Waals surface area contributed by atoms with Crippen molar-refractivity contribution in [2.75, 3.05) is 19.8 Å². The topological polar surface area (TPSA) is 57.1 Å². The van der Waals surface area contributed by atoms with Crippen molar-refractivity contribution < 1.29 is 9.47 Å². The minimum absolute atomic E-state index is 0.581. The van der Waals surface area contributed by atoms with Crippen LogP contribution in [0.25, 0.3) is 11.3 Å². The second kappa shape index (κ2) is 21.1. The van der Waals surface area contributed by atoms with E-state index < -0.39 is 0 Å². The van der Waals surface area contributed by atoms with Gasteiger partial charge in [-0.15, -0.1) is 10.2 Å². The molecule has 0 aromatic carbocycles. The molecule has 5 nitrogen and oxygen atoms in total. The van der Waals surface area contributed by atoms with Gasteiger partial charge < -0.3 is 9.47 Å². The molecule has 0 saturated heterocycles. The summed E-state index contributed by atoms with van der Waals surface area (Å²) in [6.07, 6.45) is 18.4. The van der Waals surface area contributed by atoms with Crippen LogP contribution >= 0.6 is 0 Å². The largest absolute Gasteiger partial charge is 0.477 e. The monoisotopic (exact) mass is 539 g/mol. The van der Waals surface area contributed by atoms with E-state index in [1.54, 1.807) is 0 Å². The fourth-order valence-electron chi connectivity index (χ4n) is 4.55. The molecule has 0 amide bonds. The summed E-state index contributed by atoms with van der Waals surface area (Å²) in [7, 11) is 0.703. The average Bonchev–Trinajstić information content (AvgIpc) is 2.94. The highest BCUT2D eigenvalue weighted by Crippen LogP contribution is 2.22. The van der Waals surface area contributed by atoms with Crippen molar-refractivity contribution in [3.63, 3.8) is 0 Å². The molecule has 0 bridgehead atoms. The number of aromatic nitrogens is 3. The van der Waals surface area contributed by atoms with Crippen molar-refractivity contribution >= 4 is 14.8 Å². The lowest BCUT2D eigenvalue weighted by molar-refractivity contribution is 0.123. The zero-order valence-electron chi connectivity index (χ0n) is 24.7. The summed E-state index contributed by atoms with van der Waals surface area (Å²) in [6, 6.07) is 9.23. The van der Waals surface area contributed by atoms with Gasteiger partial charge in [-0.3, -0.25) is 4.98 Å². The molecule has 2 rings (SSSR count). The van der Waals surface area contributed by atoms with Gasteiger partial charge in [-0.25, -0.2) is 0 Å². The molecule has 0 aliphatic carbocycles. The summed E-state index contributed by atoms with van der Waals surface area (Å²) >= 11 is 0. The molecule has 2 atom stereocenters. The zero-order chi connectivity index (χ0) is 27.3. The number of nitrogens with zero attached hydrogens (tertiary/aromatic N) is 3. The van der Waals surface area contributed by atoms with E-state index in [-0.39, 0.29) is 0 Å². The minimum Gasteiger partial charge on any atom is -0.477 e. The Bertz CT molecular complexity index is 834. The van der Waals surface area contributed by atoms with Gasteiger partial charge in [0.2, 0.25) is 5.88 Å².